The summed E-state index contributed by atoms with van der Waals surface area (Å²) in [5.74, 6) is -1.42. The minimum atomic E-state index is -1.14. The molecule has 2 rings (SSSR count). The van der Waals surface area contributed by atoms with Crippen molar-refractivity contribution in [2.75, 3.05) is 5.32 Å². The Kier molecular flexibility index (Phi) is 3.18. The first-order valence-electron chi connectivity index (χ1n) is 5.16. The molecule has 0 amide bonds. The summed E-state index contributed by atoms with van der Waals surface area (Å²) in [7, 11) is 0. The molecule has 0 aliphatic heterocycles. The van der Waals surface area contributed by atoms with Crippen molar-refractivity contribution >= 4 is 17.6 Å². The summed E-state index contributed by atoms with van der Waals surface area (Å²) in [4.78, 5) is 18.4. The standard InChI is InChI=1S/C12H10FN3O2/c1-7-2-3-8(13)6-10(7)16-12-14-5-4-9(15-12)11(17)18/h2-6H,1H3,(H,17,18)(H,14,15,16). The Balaban J connectivity index is 2.31. The van der Waals surface area contributed by atoms with E-state index in [9.17, 15) is 9.18 Å². The number of benzene rings is 1. The molecular formula is C12H10FN3O2. The molecule has 0 bridgehead atoms. The zero-order valence-corrected chi connectivity index (χ0v) is 9.51. The number of hydrogen-bond acceptors (Lipinski definition) is 4. The molecule has 18 heavy (non-hydrogen) atoms. The number of carboxylic acids is 1. The van der Waals surface area contributed by atoms with Crippen LogP contribution in [-0.2, 0) is 0 Å². The van der Waals surface area contributed by atoms with Crippen molar-refractivity contribution in [1.29, 1.82) is 0 Å². The molecule has 1 heterocycles. The van der Waals surface area contributed by atoms with Crippen LogP contribution < -0.4 is 5.32 Å². The summed E-state index contributed by atoms with van der Waals surface area (Å²) >= 11 is 0. The van der Waals surface area contributed by atoms with E-state index in [2.05, 4.69) is 15.3 Å². The predicted octanol–water partition coefficient (Wildman–Crippen LogP) is 2.37. The molecule has 0 unspecified atom stereocenters. The number of carboxylic acid groups (broad SMARTS) is 1. The van der Waals surface area contributed by atoms with Gasteiger partial charge in [0.2, 0.25) is 5.95 Å². The highest BCUT2D eigenvalue weighted by Gasteiger charge is 2.07. The lowest BCUT2D eigenvalue weighted by molar-refractivity contribution is 0.0690. The van der Waals surface area contributed by atoms with Gasteiger partial charge >= 0.3 is 5.97 Å². The van der Waals surface area contributed by atoms with Crippen LogP contribution in [0.2, 0.25) is 0 Å². The van der Waals surface area contributed by atoms with Gasteiger partial charge in [-0.1, -0.05) is 6.07 Å². The van der Waals surface area contributed by atoms with E-state index >= 15 is 0 Å². The second-order valence-electron chi connectivity index (χ2n) is 3.65. The molecule has 2 N–H and O–H groups in total. The van der Waals surface area contributed by atoms with Gasteiger partial charge in [0.1, 0.15) is 5.82 Å². The number of hydrogen-bond donors (Lipinski definition) is 2. The van der Waals surface area contributed by atoms with Crippen molar-refractivity contribution in [2.45, 2.75) is 6.92 Å². The summed E-state index contributed by atoms with van der Waals surface area (Å²) < 4.78 is 13.1. The number of nitrogens with zero attached hydrogens (tertiary/aromatic N) is 2. The predicted molar refractivity (Wildman–Crippen MR) is 63.4 cm³/mol. The number of aryl methyl sites for hydroxylation is 1. The van der Waals surface area contributed by atoms with Gasteiger partial charge in [-0.3, -0.25) is 0 Å². The number of aromatic nitrogens is 2. The molecule has 0 saturated heterocycles. The monoisotopic (exact) mass is 247 g/mol. The van der Waals surface area contributed by atoms with E-state index in [-0.39, 0.29) is 11.6 Å². The Morgan fingerprint density at radius 1 is 1.39 bits per heavy atom. The first-order chi connectivity index (χ1) is 8.56. The number of nitrogens with one attached hydrogen (secondary N) is 1. The number of rotatable bonds is 3. The molecule has 2 aromatic rings. The fourth-order valence-electron chi connectivity index (χ4n) is 1.39. The fraction of sp³-hybridized carbons (Fsp3) is 0.0833. The molecule has 0 atom stereocenters. The molecule has 1 aromatic heterocycles. The minimum absolute atomic E-state index is 0.114. The molecule has 92 valence electrons. The molecule has 5 nitrogen and oxygen atoms in total. The highest BCUT2D eigenvalue weighted by atomic mass is 19.1. The zero-order chi connectivity index (χ0) is 13.1. The van der Waals surface area contributed by atoms with E-state index in [0.717, 1.165) is 5.56 Å². The van der Waals surface area contributed by atoms with E-state index in [0.29, 0.717) is 5.69 Å². The van der Waals surface area contributed by atoms with Gasteiger partial charge in [0, 0.05) is 11.9 Å². The summed E-state index contributed by atoms with van der Waals surface area (Å²) in [6, 6.07) is 5.53. The van der Waals surface area contributed by atoms with Gasteiger partial charge in [-0.15, -0.1) is 0 Å². The summed E-state index contributed by atoms with van der Waals surface area (Å²) in [5.41, 5.74) is 1.18. The van der Waals surface area contributed by atoms with E-state index in [1.165, 1.54) is 24.4 Å². The van der Waals surface area contributed by atoms with Crippen LogP contribution in [-0.4, -0.2) is 21.0 Å². The highest BCUT2D eigenvalue weighted by Crippen LogP contribution is 2.19. The van der Waals surface area contributed by atoms with Crippen LogP contribution in [0.15, 0.2) is 30.5 Å². The van der Waals surface area contributed by atoms with Crippen molar-refractivity contribution in [2.24, 2.45) is 0 Å². The largest absolute Gasteiger partial charge is 0.477 e. The molecule has 1 aromatic carbocycles. The summed E-state index contributed by atoms with van der Waals surface area (Å²) in [5, 5.41) is 11.6. The third kappa shape index (κ3) is 2.60. The Hall–Kier alpha value is -2.50. The second kappa shape index (κ2) is 4.79. The Morgan fingerprint density at radius 2 is 2.17 bits per heavy atom. The lowest BCUT2D eigenvalue weighted by Crippen LogP contribution is -2.05. The van der Waals surface area contributed by atoms with Crippen molar-refractivity contribution in [3.63, 3.8) is 0 Å². The quantitative estimate of drug-likeness (QED) is 0.870. The molecule has 0 aliphatic rings. The van der Waals surface area contributed by atoms with Gasteiger partial charge in [0.25, 0.3) is 0 Å². The molecule has 0 spiro atoms. The molecular weight excluding hydrogens is 237 g/mol. The average Bonchev–Trinajstić information content (AvgIpc) is 2.34. The smallest absolute Gasteiger partial charge is 0.354 e. The SMILES string of the molecule is Cc1ccc(F)cc1Nc1nccc(C(=O)O)n1. The van der Waals surface area contributed by atoms with Crippen molar-refractivity contribution in [1.82, 2.24) is 9.97 Å². The highest BCUT2D eigenvalue weighted by molar-refractivity contribution is 5.85. The number of halogens is 1. The van der Waals surface area contributed by atoms with Gasteiger partial charge < -0.3 is 10.4 Å². The zero-order valence-electron chi connectivity index (χ0n) is 9.51. The lowest BCUT2D eigenvalue weighted by atomic mass is 10.2. The van der Waals surface area contributed by atoms with Gasteiger partial charge in [0.15, 0.2) is 5.69 Å². The topological polar surface area (TPSA) is 75.1 Å². The van der Waals surface area contributed by atoms with Crippen molar-refractivity contribution in [3.05, 3.63) is 47.5 Å². The summed E-state index contributed by atoms with van der Waals surface area (Å²) in [6.07, 6.45) is 1.33. The fourth-order valence-corrected chi connectivity index (χ4v) is 1.39. The van der Waals surface area contributed by atoms with E-state index in [1.807, 2.05) is 0 Å². The second-order valence-corrected chi connectivity index (χ2v) is 3.65. The molecule has 0 saturated carbocycles. The molecule has 0 aliphatic carbocycles. The number of aromatic carboxylic acids is 1. The molecule has 6 heteroatoms. The Bertz CT molecular complexity index is 602. The van der Waals surface area contributed by atoms with Gasteiger partial charge in [-0.25, -0.2) is 19.2 Å². The lowest BCUT2D eigenvalue weighted by Gasteiger charge is -2.08. The van der Waals surface area contributed by atoms with Crippen LogP contribution in [0.3, 0.4) is 0 Å². The van der Waals surface area contributed by atoms with Crippen molar-refractivity contribution in [3.8, 4) is 0 Å². The summed E-state index contributed by atoms with van der Waals surface area (Å²) in [6.45, 7) is 1.79. The van der Waals surface area contributed by atoms with Gasteiger partial charge in [-0.2, -0.15) is 0 Å². The van der Waals surface area contributed by atoms with Crippen LogP contribution >= 0.6 is 0 Å². The van der Waals surface area contributed by atoms with E-state index in [1.54, 1.807) is 13.0 Å². The normalized spacial score (nSPS) is 10.1. The first kappa shape index (κ1) is 12.0. The molecule has 0 radical (unpaired) electrons. The number of carbonyl (C=O) groups is 1. The van der Waals surface area contributed by atoms with Crippen LogP contribution in [0.5, 0.6) is 0 Å². The van der Waals surface area contributed by atoms with E-state index < -0.39 is 11.8 Å². The first-order valence-corrected chi connectivity index (χ1v) is 5.16. The van der Waals surface area contributed by atoms with Gasteiger partial charge in [0.05, 0.1) is 0 Å². The minimum Gasteiger partial charge on any atom is -0.477 e. The molecule has 0 fully saturated rings. The van der Waals surface area contributed by atoms with Crippen LogP contribution in [0.1, 0.15) is 16.1 Å². The average molecular weight is 247 g/mol. The maximum atomic E-state index is 13.1. The maximum Gasteiger partial charge on any atom is 0.354 e. The van der Waals surface area contributed by atoms with Gasteiger partial charge in [-0.05, 0) is 30.7 Å². The third-order valence-electron chi connectivity index (χ3n) is 2.32. The maximum absolute atomic E-state index is 13.1. The third-order valence-corrected chi connectivity index (χ3v) is 2.32. The van der Waals surface area contributed by atoms with Crippen LogP contribution in [0, 0.1) is 12.7 Å². The van der Waals surface area contributed by atoms with Crippen molar-refractivity contribution < 1.29 is 14.3 Å². The number of anilines is 2. The Labute approximate surface area is 102 Å². The Morgan fingerprint density at radius 3 is 2.89 bits per heavy atom. The van der Waals surface area contributed by atoms with Crippen LogP contribution in [0.4, 0.5) is 16.0 Å². The van der Waals surface area contributed by atoms with Crippen LogP contribution in [0.25, 0.3) is 0 Å². The van der Waals surface area contributed by atoms with E-state index in [4.69, 9.17) is 5.11 Å².